The summed E-state index contributed by atoms with van der Waals surface area (Å²) < 4.78 is 0. The molecule has 1 aromatic heterocycles. The third-order valence-corrected chi connectivity index (χ3v) is 2.45. The summed E-state index contributed by atoms with van der Waals surface area (Å²) in [6.45, 7) is 3.86. The van der Waals surface area contributed by atoms with Crippen LogP contribution in [0, 0.1) is 5.92 Å². The predicted molar refractivity (Wildman–Crippen MR) is 61.4 cm³/mol. The van der Waals surface area contributed by atoms with Crippen LogP contribution in [-0.4, -0.2) is 10.8 Å². The van der Waals surface area contributed by atoms with Gasteiger partial charge in [-0.25, -0.2) is 0 Å². The summed E-state index contributed by atoms with van der Waals surface area (Å²) in [5, 5.41) is 0. The van der Waals surface area contributed by atoms with Gasteiger partial charge >= 0.3 is 0 Å². The zero-order valence-electron chi connectivity index (χ0n) is 9.36. The maximum Gasteiger partial charge on any atom is 0.135 e. The number of carbonyl (C=O) groups excluding carboxylic acids is 1. The Morgan fingerprint density at radius 2 is 2.27 bits per heavy atom. The maximum absolute atomic E-state index is 11.4. The van der Waals surface area contributed by atoms with Crippen molar-refractivity contribution in [1.29, 1.82) is 0 Å². The molecular weight excluding hydrogens is 188 g/mol. The largest absolute Gasteiger partial charge is 0.398 e. The summed E-state index contributed by atoms with van der Waals surface area (Å²) in [5.41, 5.74) is 7.57. The average Bonchev–Trinajstić information content (AvgIpc) is 2.20. The number of hydrogen-bond donors (Lipinski definition) is 1. The van der Waals surface area contributed by atoms with Crippen LogP contribution in [0.2, 0.25) is 0 Å². The Hall–Kier alpha value is -1.38. The first-order valence-electron chi connectivity index (χ1n) is 5.32. The highest BCUT2D eigenvalue weighted by molar-refractivity contribution is 5.80. The van der Waals surface area contributed by atoms with Gasteiger partial charge in [-0.15, -0.1) is 0 Å². The molecule has 1 heterocycles. The van der Waals surface area contributed by atoms with Gasteiger partial charge in [0.2, 0.25) is 0 Å². The lowest BCUT2D eigenvalue weighted by atomic mass is 10.0. The van der Waals surface area contributed by atoms with Gasteiger partial charge in [-0.1, -0.05) is 13.8 Å². The zero-order chi connectivity index (χ0) is 11.3. The minimum absolute atomic E-state index is 0.135. The highest BCUT2D eigenvalue weighted by atomic mass is 16.1. The van der Waals surface area contributed by atoms with E-state index in [4.69, 9.17) is 5.73 Å². The van der Waals surface area contributed by atoms with Crippen molar-refractivity contribution in [2.75, 3.05) is 5.73 Å². The summed E-state index contributed by atoms with van der Waals surface area (Å²) in [6, 6.07) is 1.79. The van der Waals surface area contributed by atoms with E-state index < -0.39 is 0 Å². The molecule has 0 fully saturated rings. The van der Waals surface area contributed by atoms with Crippen LogP contribution in [0.15, 0.2) is 18.5 Å². The molecule has 0 saturated carbocycles. The number of nitrogen functional groups attached to an aromatic ring is 1. The average molecular weight is 206 g/mol. The second-order valence-corrected chi connectivity index (χ2v) is 4.05. The van der Waals surface area contributed by atoms with E-state index in [0.717, 1.165) is 24.1 Å². The molecule has 0 radical (unpaired) electrons. The van der Waals surface area contributed by atoms with E-state index in [1.807, 2.05) is 13.8 Å². The molecule has 0 bridgehead atoms. The lowest BCUT2D eigenvalue weighted by Gasteiger charge is -2.05. The number of Topliss-reactive ketones (excluding diaryl/α,β-unsaturated/α-hetero) is 1. The molecule has 0 aliphatic rings. The van der Waals surface area contributed by atoms with E-state index in [0.29, 0.717) is 12.2 Å². The number of ketones is 1. The standard InChI is InChI=1S/C12H18N2O/c1-9(2)12(15)5-3-4-10-8-14-7-6-11(10)13/h6-9H,3-5H2,1-2H3,(H2,13,14). The summed E-state index contributed by atoms with van der Waals surface area (Å²) in [5.74, 6) is 0.453. The second kappa shape index (κ2) is 5.49. The monoisotopic (exact) mass is 206 g/mol. The Balaban J connectivity index is 2.38. The van der Waals surface area contributed by atoms with Crippen molar-refractivity contribution in [2.24, 2.45) is 5.92 Å². The van der Waals surface area contributed by atoms with Crippen molar-refractivity contribution in [1.82, 2.24) is 4.98 Å². The van der Waals surface area contributed by atoms with Gasteiger partial charge in [-0.3, -0.25) is 9.78 Å². The summed E-state index contributed by atoms with van der Waals surface area (Å²) >= 11 is 0. The molecule has 1 rings (SSSR count). The minimum Gasteiger partial charge on any atom is -0.398 e. The molecule has 0 saturated heterocycles. The van der Waals surface area contributed by atoms with Crippen LogP contribution in [0.1, 0.15) is 32.3 Å². The van der Waals surface area contributed by atoms with Gasteiger partial charge in [-0.2, -0.15) is 0 Å². The molecule has 0 spiro atoms. The first kappa shape index (κ1) is 11.7. The number of carbonyl (C=O) groups is 1. The molecule has 3 heteroatoms. The number of aryl methyl sites for hydroxylation is 1. The lowest BCUT2D eigenvalue weighted by molar-refractivity contribution is -0.121. The molecule has 0 atom stereocenters. The van der Waals surface area contributed by atoms with Gasteiger partial charge in [0.05, 0.1) is 0 Å². The Labute approximate surface area is 90.7 Å². The Kier molecular flexibility index (Phi) is 4.28. The number of pyridine rings is 1. The van der Waals surface area contributed by atoms with Crippen LogP contribution in [0.4, 0.5) is 5.69 Å². The highest BCUT2D eigenvalue weighted by Crippen LogP contribution is 2.13. The van der Waals surface area contributed by atoms with Crippen LogP contribution in [0.25, 0.3) is 0 Å². The first-order chi connectivity index (χ1) is 7.11. The van der Waals surface area contributed by atoms with E-state index in [2.05, 4.69) is 4.98 Å². The Morgan fingerprint density at radius 3 is 2.87 bits per heavy atom. The van der Waals surface area contributed by atoms with Crippen LogP contribution in [0.5, 0.6) is 0 Å². The number of hydrogen-bond acceptors (Lipinski definition) is 3. The predicted octanol–water partition coefficient (Wildman–Crippen LogP) is 2.21. The normalized spacial score (nSPS) is 10.6. The number of aromatic nitrogens is 1. The smallest absolute Gasteiger partial charge is 0.135 e. The van der Waals surface area contributed by atoms with Crippen molar-refractivity contribution in [3.05, 3.63) is 24.0 Å². The SMILES string of the molecule is CC(C)C(=O)CCCc1cnccc1N. The van der Waals surface area contributed by atoms with Crippen LogP contribution in [0.3, 0.4) is 0 Å². The molecule has 0 amide bonds. The fraction of sp³-hybridized carbons (Fsp3) is 0.500. The lowest BCUT2D eigenvalue weighted by Crippen LogP contribution is -2.07. The third-order valence-electron chi connectivity index (χ3n) is 2.45. The fourth-order valence-electron chi connectivity index (χ4n) is 1.39. The van der Waals surface area contributed by atoms with Gasteiger partial charge < -0.3 is 5.73 Å². The summed E-state index contributed by atoms with van der Waals surface area (Å²) in [7, 11) is 0. The quantitative estimate of drug-likeness (QED) is 0.803. The van der Waals surface area contributed by atoms with Crippen LogP contribution in [-0.2, 0) is 11.2 Å². The van der Waals surface area contributed by atoms with Crippen molar-refractivity contribution in [2.45, 2.75) is 33.1 Å². The van der Waals surface area contributed by atoms with Gasteiger partial charge in [0.25, 0.3) is 0 Å². The van der Waals surface area contributed by atoms with Gasteiger partial charge in [0, 0.05) is 30.4 Å². The van der Waals surface area contributed by atoms with E-state index >= 15 is 0 Å². The van der Waals surface area contributed by atoms with Crippen molar-refractivity contribution < 1.29 is 4.79 Å². The fourth-order valence-corrected chi connectivity index (χ4v) is 1.39. The first-order valence-corrected chi connectivity index (χ1v) is 5.32. The van der Waals surface area contributed by atoms with Gasteiger partial charge in [0.15, 0.2) is 0 Å². The summed E-state index contributed by atoms with van der Waals surface area (Å²) in [6.07, 6.45) is 5.77. The highest BCUT2D eigenvalue weighted by Gasteiger charge is 2.07. The Morgan fingerprint density at radius 1 is 1.53 bits per heavy atom. The molecular formula is C12H18N2O. The second-order valence-electron chi connectivity index (χ2n) is 4.05. The van der Waals surface area contributed by atoms with Crippen molar-refractivity contribution in [3.63, 3.8) is 0 Å². The van der Waals surface area contributed by atoms with E-state index in [-0.39, 0.29) is 5.92 Å². The number of nitrogens with zero attached hydrogens (tertiary/aromatic N) is 1. The van der Waals surface area contributed by atoms with E-state index in [9.17, 15) is 4.79 Å². The van der Waals surface area contributed by atoms with Gasteiger partial charge in [-0.05, 0) is 24.5 Å². The summed E-state index contributed by atoms with van der Waals surface area (Å²) in [4.78, 5) is 15.4. The third kappa shape index (κ3) is 3.70. The van der Waals surface area contributed by atoms with Crippen molar-refractivity contribution in [3.8, 4) is 0 Å². The number of anilines is 1. The zero-order valence-corrected chi connectivity index (χ0v) is 9.36. The molecule has 0 aromatic carbocycles. The molecule has 0 aliphatic carbocycles. The number of nitrogens with two attached hydrogens (primary N) is 1. The molecule has 2 N–H and O–H groups in total. The van der Waals surface area contributed by atoms with E-state index in [1.54, 1.807) is 18.5 Å². The molecule has 82 valence electrons. The topological polar surface area (TPSA) is 56.0 Å². The molecule has 0 unspecified atom stereocenters. The van der Waals surface area contributed by atoms with Crippen LogP contribution < -0.4 is 5.73 Å². The minimum atomic E-state index is 0.135. The van der Waals surface area contributed by atoms with Crippen LogP contribution >= 0.6 is 0 Å². The van der Waals surface area contributed by atoms with Crippen molar-refractivity contribution >= 4 is 11.5 Å². The van der Waals surface area contributed by atoms with Gasteiger partial charge in [0.1, 0.15) is 5.78 Å². The van der Waals surface area contributed by atoms with E-state index in [1.165, 1.54) is 0 Å². The molecule has 0 aliphatic heterocycles. The molecule has 3 nitrogen and oxygen atoms in total. The molecule has 15 heavy (non-hydrogen) atoms. The molecule has 1 aromatic rings. The maximum atomic E-state index is 11.4. The number of rotatable bonds is 5. The Bertz CT molecular complexity index is 334.